The molecular formula is C18H21ClN4O. The number of aromatic nitrogens is 2. The van der Waals surface area contributed by atoms with Gasteiger partial charge in [0.15, 0.2) is 5.69 Å². The van der Waals surface area contributed by atoms with Gasteiger partial charge in [-0.2, -0.15) is 5.10 Å². The van der Waals surface area contributed by atoms with Crippen molar-refractivity contribution in [3.8, 4) is 0 Å². The van der Waals surface area contributed by atoms with Crippen molar-refractivity contribution in [2.24, 2.45) is 11.8 Å². The summed E-state index contributed by atoms with van der Waals surface area (Å²) in [5.74, 6) is 0.970. The normalized spacial score (nSPS) is 25.2. The number of halogens is 1. The first kappa shape index (κ1) is 16.9. The van der Waals surface area contributed by atoms with Crippen molar-refractivity contribution in [1.82, 2.24) is 20.4 Å². The molecule has 6 heteroatoms. The van der Waals surface area contributed by atoms with Crippen molar-refractivity contribution >= 4 is 18.3 Å². The lowest BCUT2D eigenvalue weighted by Crippen LogP contribution is -2.35. The Bertz CT molecular complexity index is 724. The molecule has 0 spiro atoms. The van der Waals surface area contributed by atoms with E-state index in [0.717, 1.165) is 19.6 Å². The second-order valence-electron chi connectivity index (χ2n) is 6.45. The van der Waals surface area contributed by atoms with Crippen molar-refractivity contribution < 1.29 is 4.79 Å². The molecule has 0 aliphatic carbocycles. The summed E-state index contributed by atoms with van der Waals surface area (Å²) in [5.41, 5.74) is 2.92. The van der Waals surface area contributed by atoms with Crippen LogP contribution in [0.15, 0.2) is 42.6 Å². The lowest BCUT2D eigenvalue weighted by atomic mass is 9.87. The predicted molar refractivity (Wildman–Crippen MR) is 94.1 cm³/mol. The van der Waals surface area contributed by atoms with E-state index >= 15 is 0 Å². The molecule has 1 aromatic heterocycles. The monoisotopic (exact) mass is 344 g/mol. The fraction of sp³-hybridized carbons (Fsp3) is 0.389. The number of rotatable bonds is 2. The molecule has 1 amide bonds. The van der Waals surface area contributed by atoms with Crippen LogP contribution >= 0.6 is 12.4 Å². The van der Waals surface area contributed by atoms with Crippen LogP contribution in [-0.4, -0.2) is 40.6 Å². The first-order valence-electron chi connectivity index (χ1n) is 8.10. The minimum absolute atomic E-state index is 0. The Balaban J connectivity index is 0.00000169. The molecule has 2 aliphatic heterocycles. The molecule has 0 unspecified atom stereocenters. The number of carbonyl (C=O) groups is 1. The zero-order valence-corrected chi connectivity index (χ0v) is 14.4. The van der Waals surface area contributed by atoms with Crippen LogP contribution in [0.5, 0.6) is 0 Å². The number of likely N-dealkylation sites (tertiary alicyclic amines) is 1. The van der Waals surface area contributed by atoms with Crippen LogP contribution in [0.3, 0.4) is 0 Å². The Morgan fingerprint density at radius 3 is 2.79 bits per heavy atom. The van der Waals surface area contributed by atoms with E-state index in [-0.39, 0.29) is 24.4 Å². The second-order valence-corrected chi connectivity index (χ2v) is 6.45. The summed E-state index contributed by atoms with van der Waals surface area (Å²) in [5, 5.41) is 11.3. The molecule has 1 aromatic carbocycles. The highest BCUT2D eigenvalue weighted by Gasteiger charge is 2.47. The van der Waals surface area contributed by atoms with Gasteiger partial charge < -0.3 is 10.2 Å². The van der Waals surface area contributed by atoms with Gasteiger partial charge in [-0.1, -0.05) is 24.3 Å². The maximum absolute atomic E-state index is 13.0. The van der Waals surface area contributed by atoms with E-state index in [9.17, 15) is 4.79 Å². The number of benzene rings is 1. The summed E-state index contributed by atoms with van der Waals surface area (Å²) in [6, 6.07) is 12.0. The van der Waals surface area contributed by atoms with Crippen molar-refractivity contribution in [2.45, 2.75) is 13.0 Å². The lowest BCUT2D eigenvalue weighted by Gasteiger charge is -2.29. The van der Waals surface area contributed by atoms with Crippen LogP contribution in [0.2, 0.25) is 0 Å². The Labute approximate surface area is 147 Å². The second kappa shape index (κ2) is 6.87. The summed E-state index contributed by atoms with van der Waals surface area (Å²) >= 11 is 0. The number of nitrogens with one attached hydrogen (secondary N) is 1. The molecule has 3 atom stereocenters. The number of carbonyl (C=O) groups excluding carboxylic acids is 1. The summed E-state index contributed by atoms with van der Waals surface area (Å²) in [6.45, 7) is 4.85. The molecule has 5 nitrogen and oxygen atoms in total. The van der Waals surface area contributed by atoms with Gasteiger partial charge in [-0.25, -0.2) is 0 Å². The summed E-state index contributed by atoms with van der Waals surface area (Å²) in [7, 11) is 0. The third-order valence-electron chi connectivity index (χ3n) is 5.12. The average molecular weight is 345 g/mol. The zero-order chi connectivity index (χ0) is 15.8. The highest BCUT2D eigenvalue weighted by molar-refractivity contribution is 5.92. The lowest BCUT2D eigenvalue weighted by molar-refractivity contribution is 0.0706. The number of aryl methyl sites for hydroxylation is 1. The minimum atomic E-state index is -0.0132. The Morgan fingerprint density at radius 1 is 1.21 bits per heavy atom. The van der Waals surface area contributed by atoms with E-state index in [1.54, 1.807) is 18.3 Å². The van der Waals surface area contributed by atoms with Gasteiger partial charge in [0.25, 0.3) is 5.91 Å². The van der Waals surface area contributed by atoms with Gasteiger partial charge in [0.1, 0.15) is 0 Å². The largest absolute Gasteiger partial charge is 0.330 e. The fourth-order valence-electron chi connectivity index (χ4n) is 4.01. The quantitative estimate of drug-likeness (QED) is 0.907. The number of hydrogen-bond donors (Lipinski definition) is 1. The molecule has 1 N–H and O–H groups in total. The van der Waals surface area contributed by atoms with E-state index in [1.165, 1.54) is 11.1 Å². The number of fused-ring (bicyclic) bond motifs is 1. The molecule has 0 radical (unpaired) electrons. The van der Waals surface area contributed by atoms with Gasteiger partial charge in [-0.3, -0.25) is 4.79 Å². The van der Waals surface area contributed by atoms with Gasteiger partial charge in [0.2, 0.25) is 0 Å². The van der Waals surface area contributed by atoms with Crippen LogP contribution in [0.25, 0.3) is 0 Å². The van der Waals surface area contributed by atoms with Gasteiger partial charge in [-0.15, -0.1) is 17.5 Å². The van der Waals surface area contributed by atoms with Crippen LogP contribution in [0.1, 0.15) is 27.7 Å². The van der Waals surface area contributed by atoms with Crippen molar-refractivity contribution in [2.75, 3.05) is 19.6 Å². The summed E-state index contributed by atoms with van der Waals surface area (Å²) in [6.07, 6.45) is 1.60. The van der Waals surface area contributed by atoms with Gasteiger partial charge in [0, 0.05) is 31.7 Å². The van der Waals surface area contributed by atoms with Crippen LogP contribution in [0.4, 0.5) is 0 Å². The van der Waals surface area contributed by atoms with E-state index < -0.39 is 0 Å². The molecule has 24 heavy (non-hydrogen) atoms. The maximum Gasteiger partial charge on any atom is 0.274 e. The molecular weight excluding hydrogens is 324 g/mol. The first-order valence-corrected chi connectivity index (χ1v) is 8.10. The van der Waals surface area contributed by atoms with E-state index in [2.05, 4.69) is 40.6 Å². The Kier molecular flexibility index (Phi) is 4.83. The van der Waals surface area contributed by atoms with Crippen LogP contribution in [-0.2, 0) is 0 Å². The predicted octanol–water partition coefficient (Wildman–Crippen LogP) is 2.24. The molecule has 2 aromatic rings. The minimum Gasteiger partial charge on any atom is -0.330 e. The molecule has 126 valence electrons. The van der Waals surface area contributed by atoms with Gasteiger partial charge in [-0.05, 0) is 36.1 Å². The summed E-state index contributed by atoms with van der Waals surface area (Å²) in [4.78, 5) is 15.0. The topological polar surface area (TPSA) is 58.1 Å². The molecule has 0 bridgehead atoms. The third kappa shape index (κ3) is 2.78. The number of nitrogens with zero attached hydrogens (tertiary/aromatic N) is 3. The van der Waals surface area contributed by atoms with Crippen molar-refractivity contribution in [3.63, 3.8) is 0 Å². The maximum atomic E-state index is 13.0. The molecule has 2 fully saturated rings. The molecule has 0 saturated carbocycles. The van der Waals surface area contributed by atoms with Gasteiger partial charge in [0.05, 0.1) is 6.04 Å². The SMILES string of the molecule is Cc1ccccc1[C@@H]1[C@H]2CNC[C@H]2CN1C(=O)c1cccnn1.Cl. The van der Waals surface area contributed by atoms with Crippen LogP contribution < -0.4 is 5.32 Å². The van der Waals surface area contributed by atoms with E-state index in [1.807, 2.05) is 11.0 Å². The van der Waals surface area contributed by atoms with E-state index in [0.29, 0.717) is 17.5 Å². The highest BCUT2D eigenvalue weighted by atomic mass is 35.5. The highest BCUT2D eigenvalue weighted by Crippen LogP contribution is 2.43. The van der Waals surface area contributed by atoms with Crippen LogP contribution in [0, 0.1) is 18.8 Å². The number of amides is 1. The van der Waals surface area contributed by atoms with Crippen molar-refractivity contribution in [1.29, 1.82) is 0 Å². The van der Waals surface area contributed by atoms with Gasteiger partial charge >= 0.3 is 0 Å². The third-order valence-corrected chi connectivity index (χ3v) is 5.12. The van der Waals surface area contributed by atoms with Crippen molar-refractivity contribution in [3.05, 3.63) is 59.4 Å². The molecule has 4 rings (SSSR count). The standard InChI is InChI=1S/C18H20N4O.ClH/c1-12-5-2-3-6-14(12)17-15-10-19-9-13(15)11-22(17)18(23)16-7-4-8-20-21-16;/h2-8,13,15,17,19H,9-11H2,1H3;1H/t13-,15-,17+;/m0./s1. The molecule has 2 aliphatic rings. The Hall–Kier alpha value is -1.98. The summed E-state index contributed by atoms with van der Waals surface area (Å²) < 4.78 is 0. The smallest absolute Gasteiger partial charge is 0.274 e. The first-order chi connectivity index (χ1) is 11.3. The molecule has 2 saturated heterocycles. The number of hydrogen-bond acceptors (Lipinski definition) is 4. The average Bonchev–Trinajstić information content (AvgIpc) is 3.17. The molecule has 3 heterocycles. The zero-order valence-electron chi connectivity index (χ0n) is 13.6. The Morgan fingerprint density at radius 2 is 2.04 bits per heavy atom. The van der Waals surface area contributed by atoms with E-state index in [4.69, 9.17) is 0 Å². The fourth-order valence-corrected chi connectivity index (χ4v) is 4.01.